The molecule has 0 N–H and O–H groups in total. The standard InChI is InChI=1S/C21H28O5/c1-12-10-21(18(24)25-4)11-13(12)6-7-14(21)19(2)8-5-9-20(3)15(19)16(22)26-17(20)23/h13-15H,1,5-11H2,2-4H3. The Bertz CT molecular complexity index is 711. The first-order valence-electron chi connectivity index (χ1n) is 9.71. The van der Waals surface area contributed by atoms with E-state index in [1.807, 2.05) is 6.92 Å². The highest BCUT2D eigenvalue weighted by atomic mass is 16.6. The maximum Gasteiger partial charge on any atom is 0.320 e. The maximum absolute atomic E-state index is 13.0. The van der Waals surface area contributed by atoms with Crippen molar-refractivity contribution in [3.8, 4) is 0 Å². The molecule has 4 rings (SSSR count). The summed E-state index contributed by atoms with van der Waals surface area (Å²) in [5.41, 5.74) is -0.702. The lowest BCUT2D eigenvalue weighted by Crippen LogP contribution is -2.56. The lowest BCUT2D eigenvalue weighted by molar-refractivity contribution is -0.172. The second-order valence-corrected chi connectivity index (χ2v) is 9.43. The largest absolute Gasteiger partial charge is 0.469 e. The summed E-state index contributed by atoms with van der Waals surface area (Å²) >= 11 is 0. The van der Waals surface area contributed by atoms with Gasteiger partial charge in [0.05, 0.1) is 23.9 Å². The van der Waals surface area contributed by atoms with Gasteiger partial charge in [0, 0.05) is 0 Å². The predicted molar refractivity (Wildman–Crippen MR) is 93.7 cm³/mol. The third-order valence-electron chi connectivity index (χ3n) is 8.19. The maximum atomic E-state index is 13.0. The zero-order valence-corrected chi connectivity index (χ0v) is 15.9. The van der Waals surface area contributed by atoms with Crippen LogP contribution < -0.4 is 0 Å². The molecule has 5 heteroatoms. The van der Waals surface area contributed by atoms with Crippen LogP contribution in [0.3, 0.4) is 0 Å². The summed E-state index contributed by atoms with van der Waals surface area (Å²) in [6.07, 6.45) is 5.61. The summed E-state index contributed by atoms with van der Waals surface area (Å²) in [5, 5.41) is 0. The van der Waals surface area contributed by atoms with Crippen molar-refractivity contribution in [1.82, 2.24) is 0 Å². The van der Waals surface area contributed by atoms with E-state index in [1.165, 1.54) is 7.11 Å². The first kappa shape index (κ1) is 17.7. The van der Waals surface area contributed by atoms with E-state index in [0.29, 0.717) is 18.8 Å². The Hall–Kier alpha value is -1.65. The molecule has 3 saturated carbocycles. The summed E-state index contributed by atoms with van der Waals surface area (Å²) in [6, 6.07) is 0. The number of allylic oxidation sites excluding steroid dienone is 1. The Morgan fingerprint density at radius 1 is 1.23 bits per heavy atom. The highest BCUT2D eigenvalue weighted by molar-refractivity contribution is 5.99. The molecular formula is C21H28O5. The number of hydrogen-bond donors (Lipinski definition) is 0. The van der Waals surface area contributed by atoms with Crippen LogP contribution in [0.4, 0.5) is 0 Å². The molecule has 2 bridgehead atoms. The van der Waals surface area contributed by atoms with E-state index in [4.69, 9.17) is 9.47 Å². The molecule has 6 unspecified atom stereocenters. The Morgan fingerprint density at radius 2 is 1.96 bits per heavy atom. The number of carbonyl (C=O) groups is 3. The Balaban J connectivity index is 1.82. The first-order chi connectivity index (χ1) is 12.2. The van der Waals surface area contributed by atoms with E-state index >= 15 is 0 Å². The van der Waals surface area contributed by atoms with Crippen LogP contribution in [0.15, 0.2) is 12.2 Å². The number of fused-ring (bicyclic) bond motifs is 3. The first-order valence-corrected chi connectivity index (χ1v) is 9.71. The van der Waals surface area contributed by atoms with E-state index < -0.39 is 34.1 Å². The number of cyclic esters (lactones) is 2. The van der Waals surface area contributed by atoms with Crippen LogP contribution in [-0.2, 0) is 23.9 Å². The lowest BCUT2D eigenvalue weighted by atomic mass is 9.46. The van der Waals surface area contributed by atoms with Crippen LogP contribution in [0.2, 0.25) is 0 Å². The summed E-state index contributed by atoms with van der Waals surface area (Å²) in [4.78, 5) is 38.1. The van der Waals surface area contributed by atoms with Crippen molar-refractivity contribution in [3.63, 3.8) is 0 Å². The second-order valence-electron chi connectivity index (χ2n) is 9.43. The van der Waals surface area contributed by atoms with Gasteiger partial charge in [0.1, 0.15) is 0 Å². The van der Waals surface area contributed by atoms with Crippen LogP contribution in [0.5, 0.6) is 0 Å². The molecule has 1 heterocycles. The Kier molecular flexibility index (Phi) is 3.71. The van der Waals surface area contributed by atoms with Crippen molar-refractivity contribution < 1.29 is 23.9 Å². The van der Waals surface area contributed by atoms with Gasteiger partial charge in [0.2, 0.25) is 0 Å². The minimum Gasteiger partial charge on any atom is -0.469 e. The fourth-order valence-electron chi connectivity index (χ4n) is 7.13. The van der Waals surface area contributed by atoms with Gasteiger partial charge in [0.15, 0.2) is 0 Å². The number of ether oxygens (including phenoxy) is 2. The van der Waals surface area contributed by atoms with Crippen LogP contribution in [0.1, 0.15) is 58.8 Å². The molecule has 0 spiro atoms. The van der Waals surface area contributed by atoms with Crippen molar-refractivity contribution in [2.75, 3.05) is 7.11 Å². The number of hydrogen-bond acceptors (Lipinski definition) is 5. The zero-order valence-electron chi connectivity index (χ0n) is 15.9. The van der Waals surface area contributed by atoms with E-state index in [1.54, 1.807) is 0 Å². The summed E-state index contributed by atoms with van der Waals surface area (Å²) in [7, 11) is 1.44. The third kappa shape index (κ3) is 2.00. The summed E-state index contributed by atoms with van der Waals surface area (Å²) < 4.78 is 10.4. The van der Waals surface area contributed by atoms with Crippen LogP contribution in [0.25, 0.3) is 0 Å². The van der Waals surface area contributed by atoms with E-state index in [9.17, 15) is 14.4 Å². The van der Waals surface area contributed by atoms with Crippen molar-refractivity contribution >= 4 is 17.9 Å². The van der Waals surface area contributed by atoms with Gasteiger partial charge in [-0.2, -0.15) is 0 Å². The number of methoxy groups -OCH3 is 1. The molecule has 0 amide bonds. The van der Waals surface area contributed by atoms with Gasteiger partial charge in [-0.05, 0) is 62.7 Å². The van der Waals surface area contributed by atoms with E-state index in [2.05, 4.69) is 13.5 Å². The SMILES string of the molecule is C=C1CC2(C(=O)OC)CC1CCC2C1(C)CCCC2(C)C(=O)OC(=O)C21. The molecule has 4 fully saturated rings. The number of esters is 3. The van der Waals surface area contributed by atoms with Crippen LogP contribution in [0, 0.1) is 34.0 Å². The van der Waals surface area contributed by atoms with Gasteiger partial charge in [0.25, 0.3) is 0 Å². The Labute approximate surface area is 154 Å². The van der Waals surface area contributed by atoms with Crippen molar-refractivity contribution in [3.05, 3.63) is 12.2 Å². The number of carbonyl (C=O) groups excluding carboxylic acids is 3. The molecule has 0 radical (unpaired) electrons. The molecule has 1 aliphatic heterocycles. The average Bonchev–Trinajstić information content (AvgIpc) is 2.98. The Morgan fingerprint density at radius 3 is 2.65 bits per heavy atom. The molecule has 6 atom stereocenters. The van der Waals surface area contributed by atoms with Crippen molar-refractivity contribution in [1.29, 1.82) is 0 Å². The number of rotatable bonds is 2. The molecule has 5 nitrogen and oxygen atoms in total. The highest BCUT2D eigenvalue weighted by Gasteiger charge is 2.69. The fourth-order valence-corrected chi connectivity index (χ4v) is 7.13. The summed E-state index contributed by atoms with van der Waals surface area (Å²) in [5.74, 6) is -1.10. The minimum absolute atomic E-state index is 0.000949. The zero-order chi connectivity index (χ0) is 18.9. The van der Waals surface area contributed by atoms with E-state index in [0.717, 1.165) is 37.7 Å². The van der Waals surface area contributed by atoms with Gasteiger partial charge in [-0.15, -0.1) is 0 Å². The smallest absolute Gasteiger partial charge is 0.320 e. The molecule has 3 aliphatic carbocycles. The quantitative estimate of drug-likeness (QED) is 0.429. The van der Waals surface area contributed by atoms with E-state index in [-0.39, 0.29) is 11.9 Å². The molecule has 1 saturated heterocycles. The molecule has 26 heavy (non-hydrogen) atoms. The van der Waals surface area contributed by atoms with Gasteiger partial charge in [-0.1, -0.05) is 25.5 Å². The fraction of sp³-hybridized carbons (Fsp3) is 0.762. The highest BCUT2D eigenvalue weighted by Crippen LogP contribution is 2.68. The van der Waals surface area contributed by atoms with Gasteiger partial charge < -0.3 is 9.47 Å². The van der Waals surface area contributed by atoms with Gasteiger partial charge in [-0.3, -0.25) is 14.4 Å². The van der Waals surface area contributed by atoms with Crippen LogP contribution in [-0.4, -0.2) is 25.0 Å². The molecular weight excluding hydrogens is 332 g/mol. The van der Waals surface area contributed by atoms with Gasteiger partial charge in [-0.25, -0.2) is 0 Å². The third-order valence-corrected chi connectivity index (χ3v) is 8.19. The lowest BCUT2D eigenvalue weighted by Gasteiger charge is -2.54. The summed E-state index contributed by atoms with van der Waals surface area (Å²) in [6.45, 7) is 8.18. The predicted octanol–water partition coefficient (Wildman–Crippen LogP) is 3.42. The van der Waals surface area contributed by atoms with Gasteiger partial charge >= 0.3 is 17.9 Å². The minimum atomic E-state index is -0.770. The molecule has 0 aromatic rings. The molecule has 142 valence electrons. The molecule has 0 aromatic carbocycles. The molecule has 4 aliphatic rings. The van der Waals surface area contributed by atoms with Crippen molar-refractivity contribution in [2.45, 2.75) is 58.8 Å². The van der Waals surface area contributed by atoms with Crippen LogP contribution >= 0.6 is 0 Å². The monoisotopic (exact) mass is 360 g/mol. The van der Waals surface area contributed by atoms with Crippen molar-refractivity contribution in [2.24, 2.45) is 34.0 Å². The normalized spacial score (nSPS) is 47.5. The topological polar surface area (TPSA) is 69.7 Å². The molecule has 0 aromatic heterocycles. The second kappa shape index (κ2) is 5.43. The average molecular weight is 360 g/mol.